The fourth-order valence-electron chi connectivity index (χ4n) is 2.88. The highest BCUT2D eigenvalue weighted by Gasteiger charge is 2.25. The van der Waals surface area contributed by atoms with Crippen LogP contribution in [0.2, 0.25) is 0 Å². The van der Waals surface area contributed by atoms with Crippen molar-refractivity contribution in [1.29, 1.82) is 0 Å². The van der Waals surface area contributed by atoms with Crippen LogP contribution in [0.3, 0.4) is 0 Å². The molecule has 2 N–H and O–H groups in total. The van der Waals surface area contributed by atoms with Crippen LogP contribution >= 0.6 is 11.8 Å². The van der Waals surface area contributed by atoms with Gasteiger partial charge < -0.3 is 10.6 Å². The van der Waals surface area contributed by atoms with E-state index in [1.165, 1.54) is 25.7 Å². The Labute approximate surface area is 131 Å². The van der Waals surface area contributed by atoms with Gasteiger partial charge in [0, 0.05) is 24.4 Å². The molecule has 6 heteroatoms. The minimum absolute atomic E-state index is 0.00354. The number of aryl methyl sites for hydroxylation is 2. The molecule has 118 valence electrons. The molecule has 1 heterocycles. The zero-order valence-electron chi connectivity index (χ0n) is 13.2. The Morgan fingerprint density at radius 3 is 2.90 bits per heavy atom. The molecule has 1 fully saturated rings. The summed E-state index contributed by atoms with van der Waals surface area (Å²) >= 11 is 2.01. The average Bonchev–Trinajstić information content (AvgIpc) is 2.76. The van der Waals surface area contributed by atoms with Gasteiger partial charge in [-0.3, -0.25) is 9.48 Å². The van der Waals surface area contributed by atoms with Gasteiger partial charge >= 0.3 is 0 Å². The molecule has 2 rings (SSSR count). The number of anilines is 1. The number of amides is 1. The van der Waals surface area contributed by atoms with Crippen LogP contribution in [0.4, 0.5) is 5.82 Å². The Morgan fingerprint density at radius 1 is 1.48 bits per heavy atom. The van der Waals surface area contributed by atoms with E-state index in [1.54, 1.807) is 4.68 Å². The summed E-state index contributed by atoms with van der Waals surface area (Å²) in [5, 5.41) is 11.2. The summed E-state index contributed by atoms with van der Waals surface area (Å²) in [5.74, 6) is 1.90. The van der Waals surface area contributed by atoms with Gasteiger partial charge in [-0.2, -0.15) is 16.9 Å². The lowest BCUT2D eigenvalue weighted by molar-refractivity contribution is -0.115. The van der Waals surface area contributed by atoms with Crippen LogP contribution < -0.4 is 10.6 Å². The molecule has 1 amide bonds. The molecule has 1 aliphatic rings. The fourth-order valence-corrected chi connectivity index (χ4v) is 4.11. The van der Waals surface area contributed by atoms with Gasteiger partial charge in [0.15, 0.2) is 0 Å². The number of hydrogen-bond acceptors (Lipinski definition) is 4. The SMILES string of the molecule is CCS[C@H]1CCCC[C@H]1NCC(=O)Nc1cc(C)nn1C. The highest BCUT2D eigenvalue weighted by Crippen LogP contribution is 2.28. The van der Waals surface area contributed by atoms with E-state index in [9.17, 15) is 4.79 Å². The first kappa shape index (κ1) is 16.4. The summed E-state index contributed by atoms with van der Waals surface area (Å²) in [5.41, 5.74) is 0.910. The van der Waals surface area contributed by atoms with E-state index in [0.29, 0.717) is 17.8 Å². The number of aromatic nitrogens is 2. The maximum atomic E-state index is 12.1. The molecule has 0 aliphatic heterocycles. The monoisotopic (exact) mass is 310 g/mol. The molecule has 0 spiro atoms. The van der Waals surface area contributed by atoms with Crippen LogP contribution in [0.15, 0.2) is 6.07 Å². The van der Waals surface area contributed by atoms with Gasteiger partial charge in [-0.25, -0.2) is 0 Å². The zero-order valence-corrected chi connectivity index (χ0v) is 14.0. The standard InChI is InChI=1S/C15H26N4OS/c1-4-21-13-8-6-5-7-12(13)16-10-15(20)17-14-9-11(2)18-19(14)3/h9,12-13,16H,4-8,10H2,1-3H3,(H,17,20)/t12-,13+/m1/s1. The molecule has 21 heavy (non-hydrogen) atoms. The van der Waals surface area contributed by atoms with Gasteiger partial charge in [-0.15, -0.1) is 0 Å². The van der Waals surface area contributed by atoms with Crippen molar-refractivity contribution in [1.82, 2.24) is 15.1 Å². The minimum atomic E-state index is 0.00354. The number of nitrogens with one attached hydrogen (secondary N) is 2. The maximum absolute atomic E-state index is 12.1. The van der Waals surface area contributed by atoms with Crippen LogP contribution in [0, 0.1) is 6.92 Å². The van der Waals surface area contributed by atoms with Gasteiger partial charge in [0.05, 0.1) is 12.2 Å². The van der Waals surface area contributed by atoms with Crippen LogP contribution in [0.25, 0.3) is 0 Å². The lowest BCUT2D eigenvalue weighted by Crippen LogP contribution is -2.44. The normalized spacial score (nSPS) is 22.2. The van der Waals surface area contributed by atoms with Crippen LogP contribution in [-0.4, -0.2) is 39.3 Å². The predicted octanol–water partition coefficient (Wildman–Crippen LogP) is 2.32. The van der Waals surface area contributed by atoms with Crippen molar-refractivity contribution in [2.24, 2.45) is 7.05 Å². The summed E-state index contributed by atoms with van der Waals surface area (Å²) in [7, 11) is 1.84. The van der Waals surface area contributed by atoms with Crippen LogP contribution in [-0.2, 0) is 11.8 Å². The Morgan fingerprint density at radius 2 is 2.24 bits per heavy atom. The van der Waals surface area contributed by atoms with Gasteiger partial charge in [0.1, 0.15) is 5.82 Å². The van der Waals surface area contributed by atoms with Crippen molar-refractivity contribution in [2.45, 2.75) is 50.8 Å². The predicted molar refractivity (Wildman–Crippen MR) is 88.8 cm³/mol. The number of rotatable bonds is 6. The van der Waals surface area contributed by atoms with Crippen molar-refractivity contribution in [2.75, 3.05) is 17.6 Å². The molecule has 0 bridgehead atoms. The molecule has 0 radical (unpaired) electrons. The molecule has 0 unspecified atom stereocenters. The van der Waals surface area contributed by atoms with E-state index in [0.717, 1.165) is 17.3 Å². The third kappa shape index (κ3) is 4.74. The third-order valence-electron chi connectivity index (χ3n) is 3.88. The zero-order chi connectivity index (χ0) is 15.2. The highest BCUT2D eigenvalue weighted by atomic mass is 32.2. The lowest BCUT2D eigenvalue weighted by atomic mass is 9.95. The van der Waals surface area contributed by atoms with Gasteiger partial charge in [0.2, 0.25) is 5.91 Å². The number of nitrogens with zero attached hydrogens (tertiary/aromatic N) is 2. The first-order valence-corrected chi connectivity index (χ1v) is 8.80. The van der Waals surface area contributed by atoms with E-state index in [-0.39, 0.29) is 5.91 Å². The van der Waals surface area contributed by atoms with E-state index < -0.39 is 0 Å². The largest absolute Gasteiger partial charge is 0.310 e. The fraction of sp³-hybridized carbons (Fsp3) is 0.733. The summed E-state index contributed by atoms with van der Waals surface area (Å²) in [6.07, 6.45) is 5.02. The van der Waals surface area contributed by atoms with Crippen molar-refractivity contribution in [3.8, 4) is 0 Å². The average molecular weight is 310 g/mol. The second-order valence-electron chi connectivity index (χ2n) is 5.61. The van der Waals surface area contributed by atoms with E-state index in [1.807, 2.05) is 31.8 Å². The minimum Gasteiger partial charge on any atom is -0.310 e. The topological polar surface area (TPSA) is 59.0 Å². The number of hydrogen-bond donors (Lipinski definition) is 2. The molecule has 1 aromatic heterocycles. The Bertz CT molecular complexity index is 472. The molecule has 1 aliphatic carbocycles. The van der Waals surface area contributed by atoms with Crippen molar-refractivity contribution >= 4 is 23.5 Å². The molecule has 2 atom stereocenters. The van der Waals surface area contributed by atoms with Crippen LogP contribution in [0.1, 0.15) is 38.3 Å². The van der Waals surface area contributed by atoms with E-state index in [4.69, 9.17) is 0 Å². The summed E-state index contributed by atoms with van der Waals surface area (Å²) in [6.45, 7) is 4.49. The molecule has 1 saturated carbocycles. The quantitative estimate of drug-likeness (QED) is 0.846. The summed E-state index contributed by atoms with van der Waals surface area (Å²) < 4.78 is 1.70. The van der Waals surface area contributed by atoms with Crippen LogP contribution in [0.5, 0.6) is 0 Å². The van der Waals surface area contributed by atoms with Gasteiger partial charge in [-0.1, -0.05) is 19.8 Å². The first-order chi connectivity index (χ1) is 10.1. The summed E-state index contributed by atoms with van der Waals surface area (Å²) in [4.78, 5) is 12.1. The molecular weight excluding hydrogens is 284 g/mol. The molecule has 0 aromatic carbocycles. The molecule has 5 nitrogen and oxygen atoms in total. The van der Waals surface area contributed by atoms with Gasteiger partial charge in [0.25, 0.3) is 0 Å². The second kappa shape index (κ2) is 7.84. The smallest absolute Gasteiger partial charge is 0.239 e. The maximum Gasteiger partial charge on any atom is 0.239 e. The lowest BCUT2D eigenvalue weighted by Gasteiger charge is -2.31. The van der Waals surface area contributed by atoms with Gasteiger partial charge in [-0.05, 0) is 25.5 Å². The van der Waals surface area contributed by atoms with Crippen molar-refractivity contribution < 1.29 is 4.79 Å². The van der Waals surface area contributed by atoms with Crippen molar-refractivity contribution in [3.05, 3.63) is 11.8 Å². The third-order valence-corrected chi connectivity index (χ3v) is 5.20. The number of carbonyl (C=O) groups is 1. The summed E-state index contributed by atoms with van der Waals surface area (Å²) in [6, 6.07) is 2.34. The highest BCUT2D eigenvalue weighted by molar-refractivity contribution is 7.99. The van der Waals surface area contributed by atoms with E-state index >= 15 is 0 Å². The first-order valence-electron chi connectivity index (χ1n) is 7.75. The number of thioether (sulfide) groups is 1. The molecule has 0 saturated heterocycles. The molecular formula is C15H26N4OS. The Kier molecular flexibility index (Phi) is 6.11. The van der Waals surface area contributed by atoms with E-state index in [2.05, 4.69) is 22.7 Å². The Balaban J connectivity index is 1.81. The second-order valence-corrected chi connectivity index (χ2v) is 7.12. The Hall–Kier alpha value is -1.01. The van der Waals surface area contributed by atoms with Crippen molar-refractivity contribution in [3.63, 3.8) is 0 Å². The number of carbonyl (C=O) groups excluding carboxylic acids is 1. The molecule has 1 aromatic rings.